The van der Waals surface area contributed by atoms with E-state index in [2.05, 4.69) is 125 Å². The third-order valence-electron chi connectivity index (χ3n) is 7.89. The highest BCUT2D eigenvalue weighted by molar-refractivity contribution is 5.93. The van der Waals surface area contributed by atoms with Crippen LogP contribution in [0.15, 0.2) is 78.9 Å². The van der Waals surface area contributed by atoms with Crippen molar-refractivity contribution in [1.29, 1.82) is 0 Å². The van der Waals surface area contributed by atoms with Crippen molar-refractivity contribution in [1.82, 2.24) is 0 Å². The monoisotopic (exact) mass is 429 g/mol. The maximum atomic E-state index is 2.52. The Morgan fingerprint density at radius 2 is 1.09 bits per heavy atom. The van der Waals surface area contributed by atoms with Crippen LogP contribution >= 0.6 is 0 Å². The normalized spacial score (nSPS) is 16.6. The second kappa shape index (κ2) is 6.60. The van der Waals surface area contributed by atoms with Crippen LogP contribution in [-0.4, -0.2) is 0 Å². The molecule has 0 saturated heterocycles. The van der Waals surface area contributed by atoms with Crippen LogP contribution in [0.4, 0.5) is 17.1 Å². The van der Waals surface area contributed by atoms with Crippen molar-refractivity contribution >= 4 is 17.1 Å². The summed E-state index contributed by atoms with van der Waals surface area (Å²) in [7, 11) is 0. The third-order valence-corrected chi connectivity index (χ3v) is 7.89. The lowest BCUT2D eigenvalue weighted by molar-refractivity contribution is 0.597. The molecule has 164 valence electrons. The topological polar surface area (TPSA) is 3.24 Å². The summed E-state index contributed by atoms with van der Waals surface area (Å²) in [5.74, 6) is 0. The number of benzene rings is 4. The number of hydrogen-bond acceptors (Lipinski definition) is 1. The lowest BCUT2D eigenvalue weighted by Gasteiger charge is -2.49. The van der Waals surface area contributed by atoms with E-state index < -0.39 is 0 Å². The molecule has 4 aromatic rings. The molecule has 0 saturated carbocycles. The molecule has 0 aliphatic carbocycles. The van der Waals surface area contributed by atoms with E-state index in [4.69, 9.17) is 0 Å². The molecule has 2 aliphatic rings. The Labute approximate surface area is 197 Å². The smallest absolute Gasteiger partial charge is 0.0543 e. The predicted octanol–water partition coefficient (Wildman–Crippen LogP) is 8.72. The van der Waals surface area contributed by atoms with E-state index in [1.807, 2.05) is 0 Å². The molecule has 0 aromatic heterocycles. The SMILES string of the molecule is Cc1cc(C)cc(-c2ccc3c(c2)C(C)(C)c2cccc4c2N3c2ccccc2C4(C)C)c1. The van der Waals surface area contributed by atoms with Crippen molar-refractivity contribution in [3.63, 3.8) is 0 Å². The molecule has 0 bridgehead atoms. The van der Waals surface area contributed by atoms with Crippen LogP contribution in [0.5, 0.6) is 0 Å². The zero-order valence-corrected chi connectivity index (χ0v) is 20.5. The maximum absolute atomic E-state index is 2.52. The largest absolute Gasteiger partial charge is 0.309 e. The van der Waals surface area contributed by atoms with Crippen molar-refractivity contribution in [3.05, 3.63) is 112 Å². The molecular weight excluding hydrogens is 398 g/mol. The van der Waals surface area contributed by atoms with E-state index in [0.717, 1.165) is 0 Å². The highest BCUT2D eigenvalue weighted by atomic mass is 15.2. The fourth-order valence-electron chi connectivity index (χ4n) is 6.20. The molecule has 2 heterocycles. The molecular formula is C32H31N. The first kappa shape index (κ1) is 20.3. The molecule has 0 spiro atoms. The average molecular weight is 430 g/mol. The molecule has 0 amide bonds. The van der Waals surface area contributed by atoms with E-state index in [1.54, 1.807) is 0 Å². The van der Waals surface area contributed by atoms with E-state index in [9.17, 15) is 0 Å². The van der Waals surface area contributed by atoms with Crippen molar-refractivity contribution in [3.8, 4) is 11.1 Å². The van der Waals surface area contributed by atoms with Crippen LogP contribution in [0.3, 0.4) is 0 Å². The lowest BCUT2D eigenvalue weighted by atomic mass is 9.66. The summed E-state index contributed by atoms with van der Waals surface area (Å²) in [4.78, 5) is 2.52. The predicted molar refractivity (Wildman–Crippen MR) is 140 cm³/mol. The first-order valence-corrected chi connectivity index (χ1v) is 12.0. The molecule has 0 atom stereocenters. The quantitative estimate of drug-likeness (QED) is 0.292. The Kier molecular flexibility index (Phi) is 4.06. The van der Waals surface area contributed by atoms with Crippen LogP contribution in [0.1, 0.15) is 61.1 Å². The van der Waals surface area contributed by atoms with Gasteiger partial charge in [-0.25, -0.2) is 0 Å². The first-order valence-electron chi connectivity index (χ1n) is 12.0. The Hall–Kier alpha value is -3.32. The minimum absolute atomic E-state index is 0.0367. The fourth-order valence-corrected chi connectivity index (χ4v) is 6.20. The van der Waals surface area contributed by atoms with Gasteiger partial charge in [-0.15, -0.1) is 0 Å². The summed E-state index contributed by atoms with van der Waals surface area (Å²) in [6.45, 7) is 13.9. The van der Waals surface area contributed by atoms with Gasteiger partial charge in [0.05, 0.1) is 17.1 Å². The fraction of sp³-hybridized carbons (Fsp3) is 0.250. The Morgan fingerprint density at radius 3 is 1.79 bits per heavy atom. The van der Waals surface area contributed by atoms with Crippen LogP contribution in [0, 0.1) is 13.8 Å². The minimum atomic E-state index is -0.0889. The maximum Gasteiger partial charge on any atom is 0.0543 e. The molecule has 0 N–H and O–H groups in total. The van der Waals surface area contributed by atoms with Gasteiger partial charge in [-0.05, 0) is 65.4 Å². The summed E-state index contributed by atoms with van der Waals surface area (Å²) < 4.78 is 0. The van der Waals surface area contributed by atoms with E-state index in [0.29, 0.717) is 0 Å². The number of rotatable bonds is 1. The second-order valence-electron chi connectivity index (χ2n) is 10.9. The standard InChI is InChI=1S/C32H31N/c1-20-16-21(2)18-23(17-20)22-14-15-29-27(19-22)32(5,6)26-12-9-11-25-30(26)33(29)28-13-8-7-10-24(28)31(25,3)4/h7-19H,1-6H3. The molecule has 2 aliphatic heterocycles. The summed E-state index contributed by atoms with van der Waals surface area (Å²) in [6, 6.07) is 29.8. The molecule has 1 heteroatoms. The highest BCUT2D eigenvalue weighted by Crippen LogP contribution is 2.60. The van der Waals surface area contributed by atoms with Crippen molar-refractivity contribution in [2.75, 3.05) is 4.90 Å². The number of para-hydroxylation sites is 2. The van der Waals surface area contributed by atoms with E-state index in [1.165, 1.54) is 61.6 Å². The second-order valence-corrected chi connectivity index (χ2v) is 10.9. The summed E-state index contributed by atoms with van der Waals surface area (Å²) in [6.07, 6.45) is 0. The molecule has 6 rings (SSSR count). The number of aryl methyl sites for hydroxylation is 2. The minimum Gasteiger partial charge on any atom is -0.309 e. The Morgan fingerprint density at radius 1 is 0.515 bits per heavy atom. The van der Waals surface area contributed by atoms with Crippen molar-refractivity contribution in [2.45, 2.75) is 52.4 Å². The number of anilines is 3. The zero-order valence-electron chi connectivity index (χ0n) is 20.5. The zero-order chi connectivity index (χ0) is 23.1. The summed E-state index contributed by atoms with van der Waals surface area (Å²) >= 11 is 0. The Balaban J connectivity index is 1.66. The lowest BCUT2D eigenvalue weighted by Crippen LogP contribution is -2.38. The van der Waals surface area contributed by atoms with Gasteiger partial charge >= 0.3 is 0 Å². The van der Waals surface area contributed by atoms with Crippen LogP contribution < -0.4 is 4.90 Å². The number of fused-ring (bicyclic) bond motifs is 4. The first-order chi connectivity index (χ1) is 15.7. The van der Waals surface area contributed by atoms with Crippen molar-refractivity contribution < 1.29 is 0 Å². The van der Waals surface area contributed by atoms with Gasteiger partial charge in [-0.2, -0.15) is 0 Å². The van der Waals surface area contributed by atoms with E-state index >= 15 is 0 Å². The third kappa shape index (κ3) is 2.72. The van der Waals surface area contributed by atoms with Gasteiger partial charge in [0.1, 0.15) is 0 Å². The number of hydrogen-bond donors (Lipinski definition) is 0. The van der Waals surface area contributed by atoms with Gasteiger partial charge in [0.25, 0.3) is 0 Å². The Bertz CT molecular complexity index is 1420. The average Bonchev–Trinajstić information content (AvgIpc) is 2.78. The molecule has 0 radical (unpaired) electrons. The van der Waals surface area contributed by atoms with Crippen LogP contribution in [0.2, 0.25) is 0 Å². The molecule has 0 fully saturated rings. The van der Waals surface area contributed by atoms with Gasteiger partial charge in [0, 0.05) is 10.8 Å². The summed E-state index contributed by atoms with van der Waals surface area (Å²) in [5, 5.41) is 0. The van der Waals surface area contributed by atoms with Gasteiger partial charge < -0.3 is 4.90 Å². The molecule has 0 unspecified atom stereocenters. The van der Waals surface area contributed by atoms with Crippen LogP contribution in [-0.2, 0) is 10.8 Å². The molecule has 1 nitrogen and oxygen atoms in total. The van der Waals surface area contributed by atoms with E-state index in [-0.39, 0.29) is 10.8 Å². The van der Waals surface area contributed by atoms with Gasteiger partial charge in [-0.3, -0.25) is 0 Å². The number of nitrogens with zero attached hydrogens (tertiary/aromatic N) is 1. The van der Waals surface area contributed by atoms with Gasteiger partial charge in [0.2, 0.25) is 0 Å². The van der Waals surface area contributed by atoms with Crippen LogP contribution in [0.25, 0.3) is 11.1 Å². The van der Waals surface area contributed by atoms with Crippen molar-refractivity contribution in [2.24, 2.45) is 0 Å². The summed E-state index contributed by atoms with van der Waals surface area (Å²) in [5.41, 5.74) is 14.7. The van der Waals surface area contributed by atoms with Gasteiger partial charge in [0.15, 0.2) is 0 Å². The van der Waals surface area contributed by atoms with Gasteiger partial charge in [-0.1, -0.05) is 99.5 Å². The molecule has 4 aromatic carbocycles. The highest BCUT2D eigenvalue weighted by Gasteiger charge is 2.45. The molecule has 33 heavy (non-hydrogen) atoms.